The smallest absolute Gasteiger partial charge is 0.329 e. The first-order valence-electron chi connectivity index (χ1n) is 10.4. The van der Waals surface area contributed by atoms with Gasteiger partial charge in [0, 0.05) is 35.2 Å². The van der Waals surface area contributed by atoms with Crippen LogP contribution < -0.4 is 10.6 Å². The Bertz CT molecular complexity index is 1330. The van der Waals surface area contributed by atoms with Crippen molar-refractivity contribution in [3.05, 3.63) is 83.5 Å². The van der Waals surface area contributed by atoms with Gasteiger partial charge >= 0.3 is 5.97 Å². The molecule has 9 nitrogen and oxygen atoms in total. The maximum Gasteiger partial charge on any atom is 0.329 e. The molecular weight excluding hydrogens is 443 g/mol. The van der Waals surface area contributed by atoms with Crippen LogP contribution in [0, 0.1) is 12.7 Å². The monoisotopic (exact) mass is 464 g/mol. The summed E-state index contributed by atoms with van der Waals surface area (Å²) >= 11 is 0. The van der Waals surface area contributed by atoms with Gasteiger partial charge in [-0.1, -0.05) is 23.4 Å². The number of carbonyl (C=O) groups excluding carboxylic acids is 3. The lowest BCUT2D eigenvalue weighted by atomic mass is 10.0. The number of hydrogen-bond donors (Lipinski definition) is 3. The number of para-hydroxylation sites is 1. The van der Waals surface area contributed by atoms with Gasteiger partial charge in [-0.05, 0) is 42.8 Å². The first kappa shape index (κ1) is 22.7. The number of carbonyl (C=O) groups is 3. The molecule has 0 aliphatic carbocycles. The van der Waals surface area contributed by atoms with Crippen molar-refractivity contribution in [1.29, 1.82) is 0 Å². The number of benzene rings is 2. The van der Waals surface area contributed by atoms with Gasteiger partial charge in [-0.2, -0.15) is 0 Å². The number of halogens is 1. The fourth-order valence-corrected chi connectivity index (χ4v) is 3.40. The van der Waals surface area contributed by atoms with Crippen LogP contribution in [0.5, 0.6) is 0 Å². The van der Waals surface area contributed by atoms with Gasteiger partial charge in [0.05, 0.1) is 0 Å². The van der Waals surface area contributed by atoms with Gasteiger partial charge in [-0.15, -0.1) is 0 Å². The number of ether oxygens (including phenoxy) is 1. The maximum atomic E-state index is 13.2. The summed E-state index contributed by atoms with van der Waals surface area (Å²) in [6.07, 6.45) is 1.86. The van der Waals surface area contributed by atoms with Gasteiger partial charge in [0.2, 0.25) is 0 Å². The third kappa shape index (κ3) is 5.47. The molecular formula is C24H21FN4O5. The van der Waals surface area contributed by atoms with Crippen LogP contribution in [0.3, 0.4) is 0 Å². The number of amides is 2. The van der Waals surface area contributed by atoms with Crippen molar-refractivity contribution >= 4 is 34.5 Å². The Kier molecular flexibility index (Phi) is 6.67. The van der Waals surface area contributed by atoms with Gasteiger partial charge in [-0.25, -0.2) is 9.18 Å². The van der Waals surface area contributed by atoms with Crippen molar-refractivity contribution in [2.24, 2.45) is 0 Å². The van der Waals surface area contributed by atoms with Gasteiger partial charge < -0.3 is 24.9 Å². The van der Waals surface area contributed by atoms with E-state index in [1.54, 1.807) is 13.1 Å². The molecule has 34 heavy (non-hydrogen) atoms. The second-order valence-corrected chi connectivity index (χ2v) is 7.58. The molecule has 0 radical (unpaired) electrons. The number of esters is 1. The maximum absolute atomic E-state index is 13.2. The van der Waals surface area contributed by atoms with Crippen molar-refractivity contribution < 1.29 is 28.0 Å². The summed E-state index contributed by atoms with van der Waals surface area (Å²) in [7, 11) is 0. The van der Waals surface area contributed by atoms with E-state index in [-0.39, 0.29) is 17.8 Å². The molecule has 4 aromatic rings. The molecule has 174 valence electrons. The SMILES string of the molecule is Cc1cc(NC(=O)COC(=O)[C@@H](Cc2c[nH]c3ccccc23)NC(=O)c2ccc(F)cc2)no1. The Balaban J connectivity index is 1.47. The van der Waals surface area contributed by atoms with E-state index in [0.29, 0.717) is 5.76 Å². The second-order valence-electron chi connectivity index (χ2n) is 7.58. The molecule has 0 saturated heterocycles. The summed E-state index contributed by atoms with van der Waals surface area (Å²) in [6, 6.07) is 12.9. The molecule has 0 aliphatic heterocycles. The Morgan fingerprint density at radius 2 is 1.91 bits per heavy atom. The average Bonchev–Trinajstić information content (AvgIpc) is 3.43. The Morgan fingerprint density at radius 1 is 1.15 bits per heavy atom. The molecule has 0 spiro atoms. The third-order valence-corrected chi connectivity index (χ3v) is 5.04. The average molecular weight is 464 g/mol. The number of anilines is 1. The van der Waals surface area contributed by atoms with E-state index in [1.807, 2.05) is 24.3 Å². The molecule has 4 rings (SSSR count). The van der Waals surface area contributed by atoms with Crippen molar-refractivity contribution in [3.63, 3.8) is 0 Å². The molecule has 2 aromatic carbocycles. The number of aryl methyl sites for hydroxylation is 1. The molecule has 0 fully saturated rings. The highest BCUT2D eigenvalue weighted by atomic mass is 19.1. The minimum absolute atomic E-state index is 0.111. The summed E-state index contributed by atoms with van der Waals surface area (Å²) in [5, 5.41) is 9.60. The number of nitrogens with one attached hydrogen (secondary N) is 3. The fraction of sp³-hybridized carbons (Fsp3) is 0.167. The highest BCUT2D eigenvalue weighted by molar-refractivity contribution is 5.97. The van der Waals surface area contributed by atoms with Crippen molar-refractivity contribution in [2.75, 3.05) is 11.9 Å². The fourth-order valence-electron chi connectivity index (χ4n) is 3.40. The van der Waals surface area contributed by atoms with Crippen LogP contribution in [0.25, 0.3) is 10.9 Å². The van der Waals surface area contributed by atoms with Gasteiger partial charge in [0.15, 0.2) is 12.4 Å². The molecule has 2 amide bonds. The molecule has 0 unspecified atom stereocenters. The van der Waals surface area contributed by atoms with Crippen molar-refractivity contribution in [2.45, 2.75) is 19.4 Å². The van der Waals surface area contributed by atoms with E-state index in [4.69, 9.17) is 9.26 Å². The highest BCUT2D eigenvalue weighted by Crippen LogP contribution is 2.20. The lowest BCUT2D eigenvalue weighted by Gasteiger charge is -2.17. The van der Waals surface area contributed by atoms with Gasteiger partial charge in [-0.3, -0.25) is 9.59 Å². The van der Waals surface area contributed by atoms with Crippen LogP contribution in [-0.2, 0) is 20.7 Å². The molecule has 2 aromatic heterocycles. The van der Waals surface area contributed by atoms with Crippen LogP contribution in [0.4, 0.5) is 10.2 Å². The second kappa shape index (κ2) is 9.99. The first-order valence-corrected chi connectivity index (χ1v) is 10.4. The number of aromatic amines is 1. The lowest BCUT2D eigenvalue weighted by Crippen LogP contribution is -2.44. The summed E-state index contributed by atoms with van der Waals surface area (Å²) in [6.45, 7) is 1.09. The zero-order valence-electron chi connectivity index (χ0n) is 18.1. The van der Waals surface area contributed by atoms with Crippen LogP contribution in [0.15, 0.2) is 65.3 Å². The Labute approximate surface area is 193 Å². The van der Waals surface area contributed by atoms with Gasteiger partial charge in [0.1, 0.15) is 17.6 Å². The van der Waals surface area contributed by atoms with Crippen LogP contribution in [0.2, 0.25) is 0 Å². The standard InChI is InChI=1S/C24H21FN4O5/c1-14-10-21(29-34-14)28-22(30)13-33-24(32)20(27-23(31)15-6-8-17(25)9-7-15)11-16-12-26-19-5-3-2-4-18(16)19/h2-10,12,20,26H,11,13H2,1H3,(H,27,31)(H,28,29,30)/t20-/m1/s1. The largest absolute Gasteiger partial charge is 0.454 e. The van der Waals surface area contributed by atoms with E-state index in [1.165, 1.54) is 18.2 Å². The molecule has 0 bridgehead atoms. The van der Waals surface area contributed by atoms with Crippen LogP contribution in [0.1, 0.15) is 21.7 Å². The van der Waals surface area contributed by atoms with E-state index >= 15 is 0 Å². The third-order valence-electron chi connectivity index (χ3n) is 5.04. The van der Waals surface area contributed by atoms with Crippen molar-refractivity contribution in [3.8, 4) is 0 Å². The van der Waals surface area contributed by atoms with Crippen molar-refractivity contribution in [1.82, 2.24) is 15.5 Å². The van der Waals surface area contributed by atoms with Crippen LogP contribution >= 0.6 is 0 Å². The first-order chi connectivity index (χ1) is 16.4. The number of aromatic nitrogens is 2. The summed E-state index contributed by atoms with van der Waals surface area (Å²) in [5.74, 6) is -1.78. The molecule has 0 saturated carbocycles. The van der Waals surface area contributed by atoms with Gasteiger partial charge in [0.25, 0.3) is 11.8 Å². The normalized spacial score (nSPS) is 11.7. The summed E-state index contributed by atoms with van der Waals surface area (Å²) in [5.41, 5.74) is 1.83. The zero-order chi connectivity index (χ0) is 24.1. The molecule has 2 heterocycles. The highest BCUT2D eigenvalue weighted by Gasteiger charge is 2.25. The summed E-state index contributed by atoms with van der Waals surface area (Å²) < 4.78 is 23.3. The van der Waals surface area contributed by atoms with E-state index < -0.39 is 36.2 Å². The lowest BCUT2D eigenvalue weighted by molar-refractivity contribution is -0.149. The molecule has 10 heteroatoms. The zero-order valence-corrected chi connectivity index (χ0v) is 18.1. The number of nitrogens with zero attached hydrogens (tertiary/aromatic N) is 1. The predicted molar refractivity (Wildman–Crippen MR) is 120 cm³/mol. The number of hydrogen-bond acceptors (Lipinski definition) is 6. The van der Waals surface area contributed by atoms with E-state index in [9.17, 15) is 18.8 Å². The van der Waals surface area contributed by atoms with E-state index in [2.05, 4.69) is 20.8 Å². The topological polar surface area (TPSA) is 126 Å². The Morgan fingerprint density at radius 3 is 2.65 bits per heavy atom. The molecule has 1 atom stereocenters. The molecule has 3 N–H and O–H groups in total. The quantitative estimate of drug-likeness (QED) is 0.344. The Hall–Kier alpha value is -4.47. The summed E-state index contributed by atoms with van der Waals surface area (Å²) in [4.78, 5) is 40.8. The minimum atomic E-state index is -1.10. The number of H-pyrrole nitrogens is 1. The number of rotatable bonds is 8. The minimum Gasteiger partial charge on any atom is -0.454 e. The molecule has 0 aliphatic rings. The van der Waals surface area contributed by atoms with E-state index in [0.717, 1.165) is 28.6 Å². The van der Waals surface area contributed by atoms with Crippen LogP contribution in [-0.4, -0.2) is 40.6 Å². The number of fused-ring (bicyclic) bond motifs is 1. The predicted octanol–water partition coefficient (Wildman–Crippen LogP) is 3.13.